The van der Waals surface area contributed by atoms with E-state index < -0.39 is 0 Å². The van der Waals surface area contributed by atoms with Crippen LogP contribution in [0.4, 0.5) is 0 Å². The van der Waals surface area contributed by atoms with Crippen molar-refractivity contribution >= 4 is 27.3 Å². The molecule has 0 saturated heterocycles. The third kappa shape index (κ3) is 5.52. The van der Waals surface area contributed by atoms with E-state index in [4.69, 9.17) is 10.8 Å². The molecule has 0 spiro atoms. The van der Waals surface area contributed by atoms with Gasteiger partial charge in [-0.2, -0.15) is 0 Å². The number of unbranched alkanes of at least 4 members (excludes halogenated alkanes) is 2. The van der Waals surface area contributed by atoms with Crippen molar-refractivity contribution in [1.82, 2.24) is 4.90 Å². The molecular formula is C14H25BrN2OS. The number of likely N-dealkylation sites (N-methyl/N-ethyl adjacent to an activating group) is 1. The maximum Gasteiger partial charge on any atom is 0.0591 e. The highest BCUT2D eigenvalue weighted by molar-refractivity contribution is 9.10. The Kier molecular flexibility index (Phi) is 8.18. The van der Waals surface area contributed by atoms with Gasteiger partial charge in [0.25, 0.3) is 0 Å². The van der Waals surface area contributed by atoms with Gasteiger partial charge in [0.1, 0.15) is 0 Å². The summed E-state index contributed by atoms with van der Waals surface area (Å²) in [6, 6.07) is 2.62. The third-order valence-corrected chi connectivity index (χ3v) is 5.16. The maximum absolute atomic E-state index is 8.81. The summed E-state index contributed by atoms with van der Waals surface area (Å²) in [7, 11) is 2.15. The SMILES string of the molecule is CCC(N)C(c1cc(Br)cs1)N(C)CCCCCO. The van der Waals surface area contributed by atoms with E-state index in [1.165, 1.54) is 4.88 Å². The predicted molar refractivity (Wildman–Crippen MR) is 86.6 cm³/mol. The molecule has 0 aliphatic carbocycles. The molecule has 1 aromatic rings. The number of rotatable bonds is 9. The van der Waals surface area contributed by atoms with Crippen molar-refractivity contribution in [2.24, 2.45) is 5.73 Å². The van der Waals surface area contributed by atoms with Crippen LogP contribution in [0.5, 0.6) is 0 Å². The van der Waals surface area contributed by atoms with Gasteiger partial charge >= 0.3 is 0 Å². The molecule has 19 heavy (non-hydrogen) atoms. The lowest BCUT2D eigenvalue weighted by Gasteiger charge is -2.31. The van der Waals surface area contributed by atoms with Crippen molar-refractivity contribution in [1.29, 1.82) is 0 Å². The van der Waals surface area contributed by atoms with Crippen LogP contribution in [0.25, 0.3) is 0 Å². The molecule has 5 heteroatoms. The van der Waals surface area contributed by atoms with Gasteiger partial charge in [-0.25, -0.2) is 0 Å². The van der Waals surface area contributed by atoms with E-state index in [1.807, 2.05) is 0 Å². The van der Waals surface area contributed by atoms with Crippen LogP contribution in [-0.4, -0.2) is 36.2 Å². The molecule has 0 amide bonds. The van der Waals surface area contributed by atoms with Crippen LogP contribution in [-0.2, 0) is 0 Å². The predicted octanol–water partition coefficient (Wildman–Crippen LogP) is 3.38. The molecule has 3 nitrogen and oxygen atoms in total. The molecule has 2 unspecified atom stereocenters. The van der Waals surface area contributed by atoms with Crippen molar-refractivity contribution in [2.45, 2.75) is 44.7 Å². The third-order valence-electron chi connectivity index (χ3n) is 3.40. The van der Waals surface area contributed by atoms with Crippen molar-refractivity contribution in [2.75, 3.05) is 20.2 Å². The molecule has 1 heterocycles. The van der Waals surface area contributed by atoms with Gasteiger partial charge in [-0.3, -0.25) is 4.90 Å². The van der Waals surface area contributed by atoms with Gasteiger partial charge < -0.3 is 10.8 Å². The maximum atomic E-state index is 8.81. The number of aliphatic hydroxyl groups excluding tert-OH is 1. The first-order valence-electron chi connectivity index (χ1n) is 6.90. The second-order valence-corrected chi connectivity index (χ2v) is 6.81. The van der Waals surface area contributed by atoms with Gasteiger partial charge in [-0.05, 0) is 61.3 Å². The normalized spacial score (nSPS) is 14.8. The summed E-state index contributed by atoms with van der Waals surface area (Å²) < 4.78 is 1.13. The highest BCUT2D eigenvalue weighted by atomic mass is 79.9. The smallest absolute Gasteiger partial charge is 0.0591 e. The number of nitrogens with zero attached hydrogens (tertiary/aromatic N) is 1. The fourth-order valence-electron chi connectivity index (χ4n) is 2.25. The van der Waals surface area contributed by atoms with E-state index >= 15 is 0 Å². The van der Waals surface area contributed by atoms with Crippen LogP contribution in [0.1, 0.15) is 43.5 Å². The summed E-state index contributed by atoms with van der Waals surface area (Å²) in [5.41, 5.74) is 6.30. The zero-order valence-electron chi connectivity index (χ0n) is 11.8. The van der Waals surface area contributed by atoms with E-state index in [-0.39, 0.29) is 12.1 Å². The van der Waals surface area contributed by atoms with Crippen molar-refractivity contribution in [3.05, 3.63) is 20.8 Å². The van der Waals surface area contributed by atoms with Gasteiger partial charge in [0.05, 0.1) is 6.04 Å². The van der Waals surface area contributed by atoms with Crippen LogP contribution in [0.2, 0.25) is 0 Å². The summed E-state index contributed by atoms with van der Waals surface area (Å²) in [6.07, 6.45) is 4.05. The van der Waals surface area contributed by atoms with Crippen molar-refractivity contribution in [3.63, 3.8) is 0 Å². The standard InChI is InChI=1S/C14H25BrN2OS/c1-3-12(16)14(13-9-11(15)10-19-13)17(2)7-5-4-6-8-18/h9-10,12,14,18H,3-8,16H2,1-2H3. The van der Waals surface area contributed by atoms with E-state index in [0.717, 1.165) is 36.7 Å². The Morgan fingerprint density at radius 2 is 2.16 bits per heavy atom. The molecule has 0 aromatic carbocycles. The lowest BCUT2D eigenvalue weighted by molar-refractivity contribution is 0.205. The molecule has 0 bridgehead atoms. The Morgan fingerprint density at radius 1 is 1.42 bits per heavy atom. The first-order chi connectivity index (χ1) is 9.10. The Bertz CT molecular complexity index is 359. The highest BCUT2D eigenvalue weighted by Crippen LogP contribution is 2.31. The molecule has 1 aromatic heterocycles. The van der Waals surface area contributed by atoms with Gasteiger partial charge in [-0.1, -0.05) is 6.92 Å². The Balaban J connectivity index is 2.63. The van der Waals surface area contributed by atoms with E-state index in [9.17, 15) is 0 Å². The fraction of sp³-hybridized carbons (Fsp3) is 0.714. The van der Waals surface area contributed by atoms with Gasteiger partial charge in [-0.15, -0.1) is 11.3 Å². The second-order valence-electron chi connectivity index (χ2n) is 4.95. The van der Waals surface area contributed by atoms with E-state index in [2.05, 4.69) is 46.2 Å². The minimum atomic E-state index is 0.161. The number of hydrogen-bond acceptors (Lipinski definition) is 4. The van der Waals surface area contributed by atoms with Crippen LogP contribution in [0.15, 0.2) is 15.9 Å². The first kappa shape index (κ1) is 17.1. The van der Waals surface area contributed by atoms with Gasteiger partial charge in [0, 0.05) is 27.4 Å². The second kappa shape index (κ2) is 9.08. The minimum Gasteiger partial charge on any atom is -0.396 e. The zero-order chi connectivity index (χ0) is 14.3. The monoisotopic (exact) mass is 348 g/mol. The topological polar surface area (TPSA) is 49.5 Å². The van der Waals surface area contributed by atoms with Crippen LogP contribution >= 0.6 is 27.3 Å². The van der Waals surface area contributed by atoms with E-state index in [0.29, 0.717) is 6.61 Å². The number of aliphatic hydroxyl groups is 1. The molecule has 3 N–H and O–H groups in total. The van der Waals surface area contributed by atoms with Crippen molar-refractivity contribution < 1.29 is 5.11 Å². The molecule has 0 aliphatic rings. The Hall–Kier alpha value is 0.0600. The quantitative estimate of drug-likeness (QED) is 0.672. The summed E-state index contributed by atoms with van der Waals surface area (Å²) in [4.78, 5) is 3.68. The van der Waals surface area contributed by atoms with E-state index in [1.54, 1.807) is 11.3 Å². The number of hydrogen-bond donors (Lipinski definition) is 2. The molecule has 2 atom stereocenters. The fourth-order valence-corrected chi connectivity index (χ4v) is 3.93. The highest BCUT2D eigenvalue weighted by Gasteiger charge is 2.24. The van der Waals surface area contributed by atoms with Gasteiger partial charge in [0.2, 0.25) is 0 Å². The summed E-state index contributed by atoms with van der Waals surface area (Å²) in [6.45, 7) is 3.45. The summed E-state index contributed by atoms with van der Waals surface area (Å²) in [5, 5.41) is 10.9. The Labute approximate surface area is 128 Å². The Morgan fingerprint density at radius 3 is 2.68 bits per heavy atom. The molecular weight excluding hydrogens is 324 g/mol. The van der Waals surface area contributed by atoms with Crippen LogP contribution in [0, 0.1) is 0 Å². The number of thiophene rings is 1. The number of nitrogens with two attached hydrogens (primary N) is 1. The van der Waals surface area contributed by atoms with Gasteiger partial charge in [0.15, 0.2) is 0 Å². The molecule has 110 valence electrons. The average Bonchev–Trinajstić information content (AvgIpc) is 2.81. The lowest BCUT2D eigenvalue weighted by atomic mass is 10.0. The zero-order valence-corrected chi connectivity index (χ0v) is 14.2. The minimum absolute atomic E-state index is 0.161. The van der Waals surface area contributed by atoms with Crippen LogP contribution < -0.4 is 5.73 Å². The van der Waals surface area contributed by atoms with Crippen LogP contribution in [0.3, 0.4) is 0 Å². The first-order valence-corrected chi connectivity index (χ1v) is 8.58. The molecule has 0 fully saturated rings. The molecule has 0 saturated carbocycles. The van der Waals surface area contributed by atoms with Crippen molar-refractivity contribution in [3.8, 4) is 0 Å². The molecule has 0 aliphatic heterocycles. The molecule has 1 rings (SSSR count). The molecule has 0 radical (unpaired) electrons. The number of halogens is 1. The lowest BCUT2D eigenvalue weighted by Crippen LogP contribution is -2.38. The average molecular weight is 349 g/mol. The summed E-state index contributed by atoms with van der Waals surface area (Å²) >= 11 is 5.28. The largest absolute Gasteiger partial charge is 0.396 e. The summed E-state index contributed by atoms with van der Waals surface area (Å²) in [5.74, 6) is 0.